The van der Waals surface area contributed by atoms with Crippen molar-refractivity contribution in [2.45, 2.75) is 6.92 Å². The van der Waals surface area contributed by atoms with E-state index in [1.54, 1.807) is 0 Å². The van der Waals surface area contributed by atoms with Gasteiger partial charge in [-0.1, -0.05) is 57.9 Å². The van der Waals surface area contributed by atoms with Crippen LogP contribution >= 0.6 is 27.5 Å². The average molecular weight is 282 g/mol. The maximum Gasteiger partial charge on any atom is 0.0495 e. The first-order valence-electron chi connectivity index (χ1n) is 4.69. The Bertz CT molecular complexity index is 492. The molecule has 0 amide bonds. The van der Waals surface area contributed by atoms with Crippen molar-refractivity contribution in [3.63, 3.8) is 0 Å². The molecule has 0 fully saturated rings. The van der Waals surface area contributed by atoms with E-state index in [-0.39, 0.29) is 0 Å². The van der Waals surface area contributed by atoms with Crippen LogP contribution in [0.4, 0.5) is 0 Å². The average Bonchev–Trinajstić information content (AvgIpc) is 2.20. The Morgan fingerprint density at radius 2 is 1.73 bits per heavy atom. The third-order valence-corrected chi connectivity index (χ3v) is 3.17. The van der Waals surface area contributed by atoms with Gasteiger partial charge in [0.05, 0.1) is 0 Å². The lowest BCUT2D eigenvalue weighted by Gasteiger charge is -2.07. The van der Waals surface area contributed by atoms with Crippen molar-refractivity contribution in [1.29, 1.82) is 0 Å². The van der Waals surface area contributed by atoms with E-state index in [0.29, 0.717) is 0 Å². The van der Waals surface area contributed by atoms with Gasteiger partial charge in [-0.25, -0.2) is 0 Å². The summed E-state index contributed by atoms with van der Waals surface area (Å²) in [7, 11) is 0. The van der Waals surface area contributed by atoms with E-state index < -0.39 is 0 Å². The molecule has 0 heterocycles. The fraction of sp³-hybridized carbons (Fsp3) is 0.0769. The molecule has 0 bridgehead atoms. The highest BCUT2D eigenvalue weighted by molar-refractivity contribution is 9.10. The van der Waals surface area contributed by atoms with E-state index >= 15 is 0 Å². The molecule has 0 radical (unpaired) electrons. The Hall–Kier alpha value is -0.790. The van der Waals surface area contributed by atoms with Crippen LogP contribution < -0.4 is 0 Å². The van der Waals surface area contributed by atoms with Gasteiger partial charge in [-0.05, 0) is 30.2 Å². The molecule has 0 spiro atoms. The molecule has 2 aromatic carbocycles. The molecule has 0 N–H and O–H groups in total. The summed E-state index contributed by atoms with van der Waals surface area (Å²) < 4.78 is 1.00. The molecular weight excluding hydrogens is 272 g/mol. The van der Waals surface area contributed by atoms with Gasteiger partial charge in [-0.3, -0.25) is 0 Å². The Morgan fingerprint density at radius 1 is 1.00 bits per heavy atom. The highest BCUT2D eigenvalue weighted by atomic mass is 79.9. The minimum Gasteiger partial charge on any atom is -0.0836 e. The molecule has 76 valence electrons. The van der Waals surface area contributed by atoms with Crippen molar-refractivity contribution in [3.8, 4) is 11.1 Å². The molecule has 0 saturated carbocycles. The zero-order chi connectivity index (χ0) is 10.8. The molecule has 2 rings (SSSR count). The first-order chi connectivity index (χ1) is 7.18. The smallest absolute Gasteiger partial charge is 0.0495 e. The minimum atomic E-state index is 0.777. The van der Waals surface area contributed by atoms with Crippen molar-refractivity contribution in [2.75, 3.05) is 0 Å². The SMILES string of the molecule is Cc1ccccc1-c1ccc(Br)cc1Cl. The second-order valence-electron chi connectivity index (χ2n) is 3.44. The zero-order valence-corrected chi connectivity index (χ0v) is 10.6. The second-order valence-corrected chi connectivity index (χ2v) is 4.76. The van der Waals surface area contributed by atoms with Crippen LogP contribution in [-0.2, 0) is 0 Å². The van der Waals surface area contributed by atoms with Gasteiger partial charge in [0.2, 0.25) is 0 Å². The monoisotopic (exact) mass is 280 g/mol. The predicted molar refractivity (Wildman–Crippen MR) is 69.3 cm³/mol. The van der Waals surface area contributed by atoms with Crippen LogP contribution in [0.1, 0.15) is 5.56 Å². The summed E-state index contributed by atoms with van der Waals surface area (Å²) in [5.41, 5.74) is 3.51. The van der Waals surface area contributed by atoms with Crippen molar-refractivity contribution < 1.29 is 0 Å². The van der Waals surface area contributed by atoms with Crippen molar-refractivity contribution in [3.05, 3.63) is 57.5 Å². The Labute approximate surface area is 103 Å². The van der Waals surface area contributed by atoms with Crippen LogP contribution in [0.25, 0.3) is 11.1 Å². The van der Waals surface area contributed by atoms with Gasteiger partial charge >= 0.3 is 0 Å². The molecule has 0 saturated heterocycles. The van der Waals surface area contributed by atoms with E-state index in [1.165, 1.54) is 11.1 Å². The van der Waals surface area contributed by atoms with Gasteiger partial charge in [0.1, 0.15) is 0 Å². The molecule has 0 nitrogen and oxygen atoms in total. The molecule has 0 aliphatic carbocycles. The van der Waals surface area contributed by atoms with E-state index in [4.69, 9.17) is 11.6 Å². The summed E-state index contributed by atoms with van der Waals surface area (Å²) in [6.07, 6.45) is 0. The highest BCUT2D eigenvalue weighted by Gasteiger charge is 2.05. The number of hydrogen-bond donors (Lipinski definition) is 0. The van der Waals surface area contributed by atoms with Crippen molar-refractivity contribution in [1.82, 2.24) is 0 Å². The maximum absolute atomic E-state index is 6.21. The first kappa shape index (κ1) is 10.7. The van der Waals surface area contributed by atoms with E-state index in [2.05, 4.69) is 35.0 Å². The molecule has 2 aromatic rings. The van der Waals surface area contributed by atoms with Gasteiger partial charge in [0.15, 0.2) is 0 Å². The van der Waals surface area contributed by atoms with Crippen LogP contribution in [0.5, 0.6) is 0 Å². The van der Waals surface area contributed by atoms with Gasteiger partial charge in [0.25, 0.3) is 0 Å². The lowest BCUT2D eigenvalue weighted by Crippen LogP contribution is -1.83. The van der Waals surface area contributed by atoms with Crippen molar-refractivity contribution in [2.24, 2.45) is 0 Å². The van der Waals surface area contributed by atoms with E-state index in [0.717, 1.165) is 15.1 Å². The molecule has 0 atom stereocenters. The predicted octanol–water partition coefficient (Wildman–Crippen LogP) is 5.08. The molecule has 0 aliphatic heterocycles. The van der Waals surface area contributed by atoms with Crippen LogP contribution in [0, 0.1) is 6.92 Å². The van der Waals surface area contributed by atoms with E-state index in [1.807, 2.05) is 30.3 Å². The van der Waals surface area contributed by atoms with Gasteiger partial charge in [-0.2, -0.15) is 0 Å². The first-order valence-corrected chi connectivity index (χ1v) is 5.86. The van der Waals surface area contributed by atoms with Crippen molar-refractivity contribution >= 4 is 27.5 Å². The quantitative estimate of drug-likeness (QED) is 0.684. The molecule has 15 heavy (non-hydrogen) atoms. The Morgan fingerprint density at radius 3 is 2.40 bits per heavy atom. The maximum atomic E-state index is 6.21. The van der Waals surface area contributed by atoms with Crippen LogP contribution in [0.3, 0.4) is 0 Å². The second kappa shape index (κ2) is 4.38. The van der Waals surface area contributed by atoms with Crippen LogP contribution in [-0.4, -0.2) is 0 Å². The molecule has 0 unspecified atom stereocenters. The normalized spacial score (nSPS) is 10.3. The minimum absolute atomic E-state index is 0.777. The van der Waals surface area contributed by atoms with Gasteiger partial charge in [0, 0.05) is 15.1 Å². The largest absolute Gasteiger partial charge is 0.0836 e. The summed E-state index contributed by atoms with van der Waals surface area (Å²) in [4.78, 5) is 0. The molecule has 2 heteroatoms. The summed E-state index contributed by atoms with van der Waals surface area (Å²) in [5, 5.41) is 0.777. The molecule has 0 aliphatic rings. The number of hydrogen-bond acceptors (Lipinski definition) is 0. The molecule has 0 aromatic heterocycles. The Balaban J connectivity index is 2.60. The standard InChI is InChI=1S/C13H10BrCl/c1-9-4-2-3-5-11(9)12-7-6-10(14)8-13(12)15/h2-8H,1H3. The van der Waals surface area contributed by atoms with E-state index in [9.17, 15) is 0 Å². The third kappa shape index (κ3) is 2.24. The lowest BCUT2D eigenvalue weighted by molar-refractivity contribution is 1.45. The number of rotatable bonds is 1. The summed E-state index contributed by atoms with van der Waals surface area (Å²) in [6.45, 7) is 2.09. The Kier molecular flexibility index (Phi) is 3.13. The van der Waals surface area contributed by atoms with Crippen LogP contribution in [0.15, 0.2) is 46.9 Å². The summed E-state index contributed by atoms with van der Waals surface area (Å²) in [5.74, 6) is 0. The lowest BCUT2D eigenvalue weighted by atomic mass is 10.0. The number of aryl methyl sites for hydroxylation is 1. The third-order valence-electron chi connectivity index (χ3n) is 2.37. The molecular formula is C13H10BrCl. The number of halogens is 2. The topological polar surface area (TPSA) is 0 Å². The van der Waals surface area contributed by atoms with Gasteiger partial charge in [-0.15, -0.1) is 0 Å². The fourth-order valence-electron chi connectivity index (χ4n) is 1.58. The summed E-state index contributed by atoms with van der Waals surface area (Å²) >= 11 is 9.61. The zero-order valence-electron chi connectivity index (χ0n) is 8.30. The fourth-order valence-corrected chi connectivity index (χ4v) is 2.36. The van der Waals surface area contributed by atoms with Gasteiger partial charge < -0.3 is 0 Å². The van der Waals surface area contributed by atoms with Crippen LogP contribution in [0.2, 0.25) is 5.02 Å². The summed E-state index contributed by atoms with van der Waals surface area (Å²) in [6, 6.07) is 14.2. The number of benzene rings is 2. The highest BCUT2D eigenvalue weighted by Crippen LogP contribution is 2.32.